The Morgan fingerprint density at radius 2 is 1.65 bits per heavy atom. The number of allylic oxidation sites excluding steroid dienone is 6. The van der Waals surface area contributed by atoms with Crippen LogP contribution in [0.1, 0.15) is 89.2 Å². The highest BCUT2D eigenvalue weighted by Crippen LogP contribution is 2.36. The van der Waals surface area contributed by atoms with Gasteiger partial charge in [0.05, 0.1) is 23.4 Å². The minimum atomic E-state index is -1.49. The average Bonchev–Trinajstić information content (AvgIpc) is 3.74. The van der Waals surface area contributed by atoms with Crippen LogP contribution in [0.5, 0.6) is 0 Å². The summed E-state index contributed by atoms with van der Waals surface area (Å²) >= 11 is 8.35. The van der Waals surface area contributed by atoms with E-state index >= 15 is 0 Å². The van der Waals surface area contributed by atoms with E-state index in [1.54, 1.807) is 24.5 Å². The third-order valence-corrected chi connectivity index (χ3v) is 11.0. The van der Waals surface area contributed by atoms with Gasteiger partial charge in [-0.05, 0) is 92.7 Å². The summed E-state index contributed by atoms with van der Waals surface area (Å²) in [6, 6.07) is 12.0. The van der Waals surface area contributed by atoms with Gasteiger partial charge in [-0.15, -0.1) is 0 Å². The van der Waals surface area contributed by atoms with Gasteiger partial charge in [0.15, 0.2) is 0 Å². The smallest absolute Gasteiger partial charge is 0.369 e. The van der Waals surface area contributed by atoms with E-state index < -0.39 is 18.2 Å². The topological polar surface area (TPSA) is 92.3 Å². The van der Waals surface area contributed by atoms with Gasteiger partial charge < -0.3 is 14.4 Å². The Labute approximate surface area is 329 Å². The van der Waals surface area contributed by atoms with Crippen LogP contribution in [0.25, 0.3) is 10.1 Å². The van der Waals surface area contributed by atoms with Gasteiger partial charge in [0.25, 0.3) is 6.23 Å². The average molecular weight is 775 g/mol. The van der Waals surface area contributed by atoms with E-state index in [4.69, 9.17) is 25.4 Å². The van der Waals surface area contributed by atoms with Gasteiger partial charge in [-0.25, -0.2) is 4.79 Å². The molecular formula is C43H55ClN4O5S. The molecule has 0 aliphatic carbocycles. The number of carbonyl (C=O) groups excluding carboxylic acids is 3. The van der Waals surface area contributed by atoms with Crippen LogP contribution in [0, 0.1) is 0 Å². The van der Waals surface area contributed by atoms with Crippen molar-refractivity contribution < 1.29 is 23.9 Å². The van der Waals surface area contributed by atoms with Gasteiger partial charge in [-0.2, -0.15) is 4.37 Å². The van der Waals surface area contributed by atoms with Crippen molar-refractivity contribution >= 4 is 62.6 Å². The summed E-state index contributed by atoms with van der Waals surface area (Å²) in [5.41, 5.74) is 2.19. The number of rotatable bonds is 21. The molecule has 1 saturated heterocycles. The Kier molecular flexibility index (Phi) is 16.6. The maximum atomic E-state index is 13.4. The normalized spacial score (nSPS) is 15.6. The summed E-state index contributed by atoms with van der Waals surface area (Å²) in [7, 11) is 0. The number of anilines is 2. The summed E-state index contributed by atoms with van der Waals surface area (Å²) in [5.74, 6) is -0.558. The Morgan fingerprint density at radius 3 is 2.43 bits per heavy atom. The van der Waals surface area contributed by atoms with Crippen LogP contribution >= 0.6 is 23.1 Å². The van der Waals surface area contributed by atoms with Crippen molar-refractivity contribution in [2.24, 2.45) is 0 Å². The molecule has 1 atom stereocenters. The molecule has 1 unspecified atom stereocenters. The Morgan fingerprint density at radius 1 is 0.926 bits per heavy atom. The summed E-state index contributed by atoms with van der Waals surface area (Å²) in [6.07, 6.45) is 21.5. The number of halogens is 1. The first-order chi connectivity index (χ1) is 26.4. The summed E-state index contributed by atoms with van der Waals surface area (Å²) in [4.78, 5) is 45.4. The number of carbonyl (C=O) groups is 3. The van der Waals surface area contributed by atoms with Crippen LogP contribution in [-0.2, 0) is 36.7 Å². The van der Waals surface area contributed by atoms with Gasteiger partial charge >= 0.3 is 11.9 Å². The lowest BCUT2D eigenvalue weighted by Crippen LogP contribution is -2.47. The number of fused-ring (bicyclic) bond motifs is 2. The fourth-order valence-electron chi connectivity index (χ4n) is 6.91. The van der Waals surface area contributed by atoms with Gasteiger partial charge in [0.1, 0.15) is 5.82 Å². The third-order valence-electron chi connectivity index (χ3n) is 9.84. The summed E-state index contributed by atoms with van der Waals surface area (Å²) in [5, 5.41) is 1.72. The summed E-state index contributed by atoms with van der Waals surface area (Å²) < 4.78 is 16.9. The molecule has 1 fully saturated rings. The number of piperazine rings is 1. The van der Waals surface area contributed by atoms with E-state index in [-0.39, 0.29) is 25.4 Å². The molecule has 2 aromatic carbocycles. The Hall–Kier alpha value is -3.99. The second kappa shape index (κ2) is 21.8. The number of nitrogens with zero attached hydrogens (tertiary/aromatic N) is 4. The zero-order valence-electron chi connectivity index (χ0n) is 31.8. The zero-order valence-corrected chi connectivity index (χ0v) is 33.4. The molecule has 0 N–H and O–H groups in total. The number of unbranched alkanes of at least 4 members (excludes halogenated alkanes) is 5. The number of amides is 1. The molecule has 0 bridgehead atoms. The highest BCUT2D eigenvalue weighted by Gasteiger charge is 2.41. The first kappa shape index (κ1) is 41.2. The SMILES string of the molecule is CCC=CCC=CCC=CCCCCCCCC(=O)OC(C(=O)OCC)N1C(=O)Cc2cc(CCN3CCN(c4nsc5ccccc45)CC3)c(Cl)cc21. The van der Waals surface area contributed by atoms with Crippen molar-refractivity contribution in [3.8, 4) is 0 Å². The summed E-state index contributed by atoms with van der Waals surface area (Å²) in [6.45, 7) is 8.38. The standard InChI is InChI=1S/C43H55ClN4O5S/c1-3-5-6-7-8-9-10-11-12-13-14-15-16-17-18-23-40(50)53-42(43(51)52-4-2)48-37-32-36(44)33(30-34(37)31-39(48)49)24-25-46-26-28-47(29-27-46)41-35-21-19-20-22-38(35)54-45-41/h5-6,8-9,11-12,19-22,30,32,42H,3-4,7,10,13-18,23-29,31H2,1-2H3. The maximum Gasteiger partial charge on any atom is 0.369 e. The lowest BCUT2D eigenvalue weighted by Gasteiger charge is -2.35. The molecule has 3 aromatic rings. The first-order valence-corrected chi connectivity index (χ1v) is 20.8. The van der Waals surface area contributed by atoms with Gasteiger partial charge in [0.2, 0.25) is 5.91 Å². The molecule has 3 heterocycles. The van der Waals surface area contributed by atoms with Crippen LogP contribution in [0.3, 0.4) is 0 Å². The van der Waals surface area contributed by atoms with Crippen LogP contribution in [0.4, 0.5) is 11.5 Å². The van der Waals surface area contributed by atoms with E-state index in [0.29, 0.717) is 17.1 Å². The second-order valence-corrected chi connectivity index (χ2v) is 15.0. The molecule has 0 saturated carbocycles. The second-order valence-electron chi connectivity index (χ2n) is 13.8. The number of hydrogen-bond donors (Lipinski definition) is 0. The molecule has 11 heteroatoms. The molecule has 290 valence electrons. The minimum absolute atomic E-state index is 0.0930. The lowest BCUT2D eigenvalue weighted by atomic mass is 10.1. The van der Waals surface area contributed by atoms with Crippen LogP contribution in [0.2, 0.25) is 5.02 Å². The van der Waals surface area contributed by atoms with Gasteiger partial charge in [-0.1, -0.05) is 92.4 Å². The molecule has 2 aliphatic rings. The van der Waals surface area contributed by atoms with E-state index in [0.717, 1.165) is 107 Å². The van der Waals surface area contributed by atoms with Crippen LogP contribution < -0.4 is 9.80 Å². The molecule has 9 nitrogen and oxygen atoms in total. The minimum Gasteiger partial charge on any atom is -0.462 e. The Balaban J connectivity index is 1.06. The monoisotopic (exact) mass is 774 g/mol. The highest BCUT2D eigenvalue weighted by atomic mass is 35.5. The number of esters is 2. The first-order valence-electron chi connectivity index (χ1n) is 19.7. The van der Waals surface area contributed by atoms with Gasteiger partial charge in [0, 0.05) is 49.6 Å². The number of aromatic nitrogens is 1. The third kappa shape index (κ3) is 11.8. The van der Waals surface area contributed by atoms with Crippen molar-refractivity contribution in [1.82, 2.24) is 9.27 Å². The molecule has 54 heavy (non-hydrogen) atoms. The fourth-order valence-corrected chi connectivity index (χ4v) is 7.96. The highest BCUT2D eigenvalue weighted by molar-refractivity contribution is 7.13. The van der Waals surface area contributed by atoms with Crippen molar-refractivity contribution in [3.05, 3.63) is 89.0 Å². The quantitative estimate of drug-likeness (QED) is 0.0601. The van der Waals surface area contributed by atoms with Gasteiger partial charge in [-0.3, -0.25) is 19.4 Å². The predicted octanol–water partition coefficient (Wildman–Crippen LogP) is 9.23. The van der Waals surface area contributed by atoms with E-state index in [9.17, 15) is 14.4 Å². The Bertz CT molecular complexity index is 1780. The van der Waals surface area contributed by atoms with Crippen molar-refractivity contribution in [2.45, 2.75) is 97.1 Å². The number of ether oxygens (including phenoxy) is 2. The number of hydrogen-bond acceptors (Lipinski definition) is 9. The van der Waals surface area contributed by atoms with Crippen LogP contribution in [0.15, 0.2) is 72.9 Å². The van der Waals surface area contributed by atoms with Crippen molar-refractivity contribution in [2.75, 3.05) is 49.1 Å². The predicted molar refractivity (Wildman–Crippen MR) is 220 cm³/mol. The van der Waals surface area contributed by atoms with Crippen molar-refractivity contribution in [1.29, 1.82) is 0 Å². The largest absolute Gasteiger partial charge is 0.462 e. The molecule has 0 spiro atoms. The number of benzene rings is 2. The molecular weight excluding hydrogens is 720 g/mol. The lowest BCUT2D eigenvalue weighted by molar-refractivity contribution is -0.168. The molecule has 1 aromatic heterocycles. The zero-order chi connectivity index (χ0) is 38.1. The maximum absolute atomic E-state index is 13.4. The van der Waals surface area contributed by atoms with Crippen LogP contribution in [-0.4, -0.2) is 72.7 Å². The molecule has 2 aliphatic heterocycles. The molecule has 1 amide bonds. The van der Waals surface area contributed by atoms with E-state index in [1.165, 1.54) is 15.0 Å². The van der Waals surface area contributed by atoms with E-state index in [1.807, 2.05) is 12.1 Å². The fraction of sp³-hybridized carbons (Fsp3) is 0.488. The molecule has 0 radical (unpaired) electrons. The molecule has 5 rings (SSSR count). The van der Waals surface area contributed by atoms with Crippen molar-refractivity contribution in [3.63, 3.8) is 0 Å². The van der Waals surface area contributed by atoms with E-state index in [2.05, 4.69) is 71.4 Å².